The van der Waals surface area contributed by atoms with Gasteiger partial charge in [-0.05, 0) is 42.5 Å². The number of amidine groups is 1. The Balaban J connectivity index is 1.91. The zero-order valence-corrected chi connectivity index (χ0v) is 13.1. The number of furan rings is 1. The summed E-state index contributed by atoms with van der Waals surface area (Å²) in [5.74, 6) is 1.91. The quantitative estimate of drug-likeness (QED) is 0.561. The molecule has 23 heavy (non-hydrogen) atoms. The molecule has 5 nitrogen and oxygen atoms in total. The molecule has 3 rings (SSSR count). The number of nitrogens with one attached hydrogen (secondary N) is 1. The SMILES string of the molecule is COc1ccc(-c2ccc(-c3ccc(C(=N)N)cn3)o2)cc1Cl. The van der Waals surface area contributed by atoms with Gasteiger partial charge in [-0.1, -0.05) is 11.6 Å². The lowest BCUT2D eigenvalue weighted by Gasteiger charge is -2.04. The lowest BCUT2D eigenvalue weighted by Crippen LogP contribution is -2.11. The van der Waals surface area contributed by atoms with Gasteiger partial charge in [0.1, 0.15) is 23.0 Å². The Bertz CT molecular complexity index is 857. The van der Waals surface area contributed by atoms with Crippen molar-refractivity contribution in [2.45, 2.75) is 0 Å². The van der Waals surface area contributed by atoms with E-state index in [1.807, 2.05) is 18.2 Å². The van der Waals surface area contributed by atoms with Crippen molar-refractivity contribution >= 4 is 17.4 Å². The Morgan fingerprint density at radius 1 is 1.17 bits per heavy atom. The molecule has 0 saturated heterocycles. The van der Waals surface area contributed by atoms with Gasteiger partial charge in [0.05, 0.1) is 12.1 Å². The van der Waals surface area contributed by atoms with E-state index in [2.05, 4.69) is 4.98 Å². The van der Waals surface area contributed by atoms with E-state index in [-0.39, 0.29) is 5.84 Å². The van der Waals surface area contributed by atoms with Gasteiger partial charge >= 0.3 is 0 Å². The van der Waals surface area contributed by atoms with Gasteiger partial charge in [-0.15, -0.1) is 0 Å². The fraction of sp³-hybridized carbons (Fsp3) is 0.0588. The number of hydrogen-bond acceptors (Lipinski definition) is 4. The highest BCUT2D eigenvalue weighted by molar-refractivity contribution is 6.32. The fourth-order valence-electron chi connectivity index (χ4n) is 2.15. The van der Waals surface area contributed by atoms with Crippen LogP contribution in [0.25, 0.3) is 22.8 Å². The van der Waals surface area contributed by atoms with Crippen molar-refractivity contribution in [2.75, 3.05) is 7.11 Å². The maximum absolute atomic E-state index is 7.37. The molecular formula is C17H14ClN3O2. The average Bonchev–Trinajstić information content (AvgIpc) is 3.05. The van der Waals surface area contributed by atoms with E-state index >= 15 is 0 Å². The van der Waals surface area contributed by atoms with Crippen LogP contribution in [0, 0.1) is 5.41 Å². The Morgan fingerprint density at radius 2 is 1.96 bits per heavy atom. The molecule has 0 spiro atoms. The van der Waals surface area contributed by atoms with Crippen LogP contribution in [0.1, 0.15) is 5.56 Å². The second-order valence-electron chi connectivity index (χ2n) is 4.86. The number of nitrogens with zero attached hydrogens (tertiary/aromatic N) is 1. The number of aromatic nitrogens is 1. The largest absolute Gasteiger partial charge is 0.495 e. The van der Waals surface area contributed by atoms with E-state index in [9.17, 15) is 0 Å². The summed E-state index contributed by atoms with van der Waals surface area (Å²) in [6, 6.07) is 12.6. The van der Waals surface area contributed by atoms with Gasteiger partial charge in [0.2, 0.25) is 0 Å². The molecule has 0 amide bonds. The first-order valence-electron chi connectivity index (χ1n) is 6.83. The molecule has 0 unspecified atom stereocenters. The molecule has 0 aliphatic carbocycles. The minimum absolute atomic E-state index is 0.0166. The molecule has 0 saturated carbocycles. The van der Waals surface area contributed by atoms with Crippen LogP contribution in [-0.4, -0.2) is 17.9 Å². The van der Waals surface area contributed by atoms with E-state index in [0.29, 0.717) is 33.6 Å². The summed E-state index contributed by atoms with van der Waals surface area (Å²) >= 11 is 6.14. The number of nitrogen functional groups attached to an aromatic ring is 1. The van der Waals surface area contributed by atoms with Gasteiger partial charge in [0.25, 0.3) is 0 Å². The van der Waals surface area contributed by atoms with Gasteiger partial charge in [-0.3, -0.25) is 10.4 Å². The third-order valence-electron chi connectivity index (χ3n) is 3.37. The summed E-state index contributed by atoms with van der Waals surface area (Å²) in [6.07, 6.45) is 1.55. The highest BCUT2D eigenvalue weighted by Gasteiger charge is 2.10. The molecule has 116 valence electrons. The van der Waals surface area contributed by atoms with Crippen LogP contribution in [0.15, 0.2) is 53.1 Å². The van der Waals surface area contributed by atoms with Crippen LogP contribution in [-0.2, 0) is 0 Å². The highest BCUT2D eigenvalue weighted by Crippen LogP contribution is 2.32. The summed E-state index contributed by atoms with van der Waals surface area (Å²) in [4.78, 5) is 4.26. The summed E-state index contributed by atoms with van der Waals surface area (Å²) in [6.45, 7) is 0. The number of hydrogen-bond donors (Lipinski definition) is 2. The van der Waals surface area contributed by atoms with Gasteiger partial charge in [-0.25, -0.2) is 0 Å². The summed E-state index contributed by atoms with van der Waals surface area (Å²) < 4.78 is 11.0. The molecular weight excluding hydrogens is 314 g/mol. The van der Waals surface area contributed by atoms with E-state index in [4.69, 9.17) is 31.9 Å². The molecule has 0 atom stereocenters. The molecule has 3 aromatic rings. The van der Waals surface area contributed by atoms with Crippen LogP contribution in [0.2, 0.25) is 5.02 Å². The standard InChI is InChI=1S/C17H14ClN3O2/c1-22-15-5-3-10(8-12(15)18)14-6-7-16(23-14)13-4-2-11(9-21-13)17(19)20/h2-9H,1H3,(H3,19,20). The van der Waals surface area contributed by atoms with Crippen molar-refractivity contribution in [3.63, 3.8) is 0 Å². The molecule has 2 aromatic heterocycles. The van der Waals surface area contributed by atoms with Crippen LogP contribution >= 0.6 is 11.6 Å². The maximum atomic E-state index is 7.37. The maximum Gasteiger partial charge on any atom is 0.153 e. The Labute approximate surface area is 138 Å². The zero-order chi connectivity index (χ0) is 16.4. The molecule has 1 aromatic carbocycles. The third kappa shape index (κ3) is 3.05. The smallest absolute Gasteiger partial charge is 0.153 e. The van der Waals surface area contributed by atoms with E-state index < -0.39 is 0 Å². The number of rotatable bonds is 4. The number of halogens is 1. The normalized spacial score (nSPS) is 10.5. The lowest BCUT2D eigenvalue weighted by molar-refractivity contribution is 0.415. The predicted molar refractivity (Wildman–Crippen MR) is 90.0 cm³/mol. The Hall–Kier alpha value is -2.79. The Morgan fingerprint density at radius 3 is 2.57 bits per heavy atom. The number of ether oxygens (including phenoxy) is 1. The summed E-state index contributed by atoms with van der Waals surface area (Å²) in [7, 11) is 1.57. The second-order valence-corrected chi connectivity index (χ2v) is 5.27. The van der Waals surface area contributed by atoms with Gasteiger partial charge in [0.15, 0.2) is 5.76 Å². The van der Waals surface area contributed by atoms with Crippen LogP contribution in [0.4, 0.5) is 0 Å². The molecule has 3 N–H and O–H groups in total. The molecule has 0 fully saturated rings. The molecule has 0 radical (unpaired) electrons. The number of benzene rings is 1. The number of nitrogens with two attached hydrogens (primary N) is 1. The highest BCUT2D eigenvalue weighted by atomic mass is 35.5. The molecule has 0 bridgehead atoms. The van der Waals surface area contributed by atoms with Crippen LogP contribution < -0.4 is 10.5 Å². The van der Waals surface area contributed by atoms with Crippen molar-refractivity contribution in [3.8, 4) is 28.5 Å². The predicted octanol–water partition coefficient (Wildman–Crippen LogP) is 3.95. The van der Waals surface area contributed by atoms with Crippen molar-refractivity contribution in [1.82, 2.24) is 4.98 Å². The topological polar surface area (TPSA) is 85.1 Å². The minimum atomic E-state index is -0.0166. The number of pyridine rings is 1. The van der Waals surface area contributed by atoms with E-state index in [1.54, 1.807) is 37.6 Å². The van der Waals surface area contributed by atoms with Crippen LogP contribution in [0.5, 0.6) is 5.75 Å². The number of methoxy groups -OCH3 is 1. The first kappa shape index (κ1) is 15.1. The summed E-state index contributed by atoms with van der Waals surface area (Å²) in [5.41, 5.74) is 7.51. The lowest BCUT2D eigenvalue weighted by atomic mass is 10.1. The molecule has 0 aliphatic rings. The monoisotopic (exact) mass is 327 g/mol. The van der Waals surface area contributed by atoms with Crippen molar-refractivity contribution in [3.05, 3.63) is 59.2 Å². The first-order valence-corrected chi connectivity index (χ1v) is 7.21. The second kappa shape index (κ2) is 6.14. The third-order valence-corrected chi connectivity index (χ3v) is 3.66. The zero-order valence-electron chi connectivity index (χ0n) is 12.3. The average molecular weight is 328 g/mol. The first-order chi connectivity index (χ1) is 11.1. The minimum Gasteiger partial charge on any atom is -0.495 e. The molecule has 2 heterocycles. The summed E-state index contributed by atoms with van der Waals surface area (Å²) in [5, 5.41) is 7.89. The van der Waals surface area contributed by atoms with Crippen molar-refractivity contribution in [2.24, 2.45) is 5.73 Å². The van der Waals surface area contributed by atoms with E-state index in [0.717, 1.165) is 5.56 Å². The van der Waals surface area contributed by atoms with Crippen molar-refractivity contribution in [1.29, 1.82) is 5.41 Å². The molecule has 6 heteroatoms. The van der Waals surface area contributed by atoms with Gasteiger partial charge < -0.3 is 14.9 Å². The van der Waals surface area contributed by atoms with Gasteiger partial charge in [0, 0.05) is 17.3 Å². The van der Waals surface area contributed by atoms with Crippen molar-refractivity contribution < 1.29 is 9.15 Å². The van der Waals surface area contributed by atoms with Gasteiger partial charge in [-0.2, -0.15) is 0 Å². The fourth-order valence-corrected chi connectivity index (χ4v) is 2.41. The van der Waals surface area contributed by atoms with Crippen LogP contribution in [0.3, 0.4) is 0 Å². The molecule has 0 aliphatic heterocycles. The Kier molecular flexibility index (Phi) is 4.04. The van der Waals surface area contributed by atoms with E-state index in [1.165, 1.54) is 0 Å².